The van der Waals surface area contributed by atoms with Gasteiger partial charge in [-0.1, -0.05) is 36.9 Å². The van der Waals surface area contributed by atoms with Gasteiger partial charge in [0.2, 0.25) is 0 Å². The third-order valence-electron chi connectivity index (χ3n) is 9.68. The van der Waals surface area contributed by atoms with E-state index in [4.69, 9.17) is 14.7 Å². The van der Waals surface area contributed by atoms with Crippen LogP contribution in [0.4, 0.5) is 11.5 Å². The number of nitriles is 1. The number of ether oxygens (including phenoxy) is 1. The van der Waals surface area contributed by atoms with Gasteiger partial charge in [-0.15, -0.1) is 0 Å². The van der Waals surface area contributed by atoms with E-state index < -0.39 is 6.10 Å². The molecule has 1 unspecified atom stereocenters. The van der Waals surface area contributed by atoms with E-state index in [1.54, 1.807) is 4.90 Å². The molecule has 1 aromatic heterocycles. The van der Waals surface area contributed by atoms with E-state index >= 15 is 0 Å². The summed E-state index contributed by atoms with van der Waals surface area (Å²) < 4.78 is 6.31. The van der Waals surface area contributed by atoms with E-state index in [1.165, 1.54) is 28.9 Å². The fraction of sp³-hybridized carbons (Fsp3) is 0.486. The van der Waals surface area contributed by atoms with Crippen molar-refractivity contribution in [3.63, 3.8) is 0 Å². The molecule has 45 heavy (non-hydrogen) atoms. The van der Waals surface area contributed by atoms with Crippen molar-refractivity contribution in [2.45, 2.75) is 64.3 Å². The molecule has 3 atom stereocenters. The van der Waals surface area contributed by atoms with Gasteiger partial charge in [-0.2, -0.15) is 15.2 Å². The first kappa shape index (κ1) is 30.8. The van der Waals surface area contributed by atoms with Crippen LogP contribution in [0.2, 0.25) is 0 Å². The second kappa shape index (κ2) is 13.0. The van der Waals surface area contributed by atoms with Crippen LogP contribution in [0.15, 0.2) is 48.6 Å². The number of carbonyl (C=O) groups is 1. The zero-order valence-corrected chi connectivity index (χ0v) is 26.6. The minimum atomic E-state index is -0.945. The summed E-state index contributed by atoms with van der Waals surface area (Å²) in [6, 6.07) is 15.5. The van der Waals surface area contributed by atoms with Crippen LogP contribution in [0.25, 0.3) is 10.8 Å². The Morgan fingerprint density at radius 2 is 1.93 bits per heavy atom. The number of piperazine rings is 1. The predicted molar refractivity (Wildman–Crippen MR) is 175 cm³/mol. The fourth-order valence-electron chi connectivity index (χ4n) is 7.01. The molecule has 2 saturated heterocycles. The van der Waals surface area contributed by atoms with Crippen LogP contribution in [-0.4, -0.2) is 95.3 Å². The lowest BCUT2D eigenvalue weighted by Crippen LogP contribution is -2.56. The van der Waals surface area contributed by atoms with E-state index in [2.05, 4.69) is 77.7 Å². The molecule has 3 aromatic rings. The smallest absolute Gasteiger partial charge is 0.318 e. The zero-order valence-electron chi connectivity index (χ0n) is 26.6. The number of aromatic nitrogens is 2. The van der Waals surface area contributed by atoms with E-state index in [0.29, 0.717) is 44.8 Å². The lowest BCUT2D eigenvalue weighted by molar-refractivity contribution is -0.130. The Morgan fingerprint density at radius 1 is 1.13 bits per heavy atom. The van der Waals surface area contributed by atoms with E-state index in [-0.39, 0.29) is 23.9 Å². The number of likely N-dealkylation sites (tertiary alicyclic amines) is 1. The van der Waals surface area contributed by atoms with Crippen molar-refractivity contribution in [3.05, 3.63) is 65.4 Å². The summed E-state index contributed by atoms with van der Waals surface area (Å²) in [5.74, 6) is 0.522. The first-order valence-corrected chi connectivity index (χ1v) is 16.0. The number of likely N-dealkylation sites (N-methyl/N-ethyl adjacent to an activating group) is 1. The summed E-state index contributed by atoms with van der Waals surface area (Å²) in [4.78, 5) is 31.8. The number of rotatable bonds is 8. The highest BCUT2D eigenvalue weighted by atomic mass is 16.5. The van der Waals surface area contributed by atoms with Gasteiger partial charge in [-0.05, 0) is 63.7 Å². The van der Waals surface area contributed by atoms with Crippen LogP contribution in [0.5, 0.6) is 6.01 Å². The number of benzene rings is 2. The molecule has 4 heterocycles. The third-order valence-corrected chi connectivity index (χ3v) is 9.68. The van der Waals surface area contributed by atoms with Crippen molar-refractivity contribution in [1.82, 2.24) is 19.8 Å². The summed E-state index contributed by atoms with van der Waals surface area (Å²) in [6.07, 6.45) is 2.24. The Bertz CT molecular complexity index is 1630. The van der Waals surface area contributed by atoms with Crippen LogP contribution in [0.1, 0.15) is 43.0 Å². The lowest BCUT2D eigenvalue weighted by Gasteiger charge is -2.43. The molecule has 0 radical (unpaired) electrons. The number of hydrogen-bond donors (Lipinski definition) is 1. The minimum Gasteiger partial charge on any atom is -0.462 e. The molecule has 0 saturated carbocycles. The molecule has 3 aliphatic heterocycles. The van der Waals surface area contributed by atoms with Gasteiger partial charge >= 0.3 is 6.01 Å². The standard InChI is InChI=1S/C35H43N7O3/c1-23-8-5-9-26-10-6-12-31(32(23)26)40-17-14-29-30(21-40)37-35(45-22-28-11-7-16-39(28)4)38-33(29)41-18-19-42(27(20-41)13-15-36)34(44)24(2)25(3)43/h5-6,8-10,12,25,27-28,43H,2,7,11,13-14,16-22H2,1,3-4H3/t25?,27-,28-/m0/s1. The number of hydrogen-bond acceptors (Lipinski definition) is 9. The van der Waals surface area contributed by atoms with Crippen molar-refractivity contribution >= 4 is 28.2 Å². The normalized spacial score (nSPS) is 21.0. The van der Waals surface area contributed by atoms with Gasteiger partial charge in [0.15, 0.2) is 0 Å². The number of aryl methyl sites for hydroxylation is 1. The molecule has 10 nitrogen and oxygen atoms in total. The predicted octanol–water partition coefficient (Wildman–Crippen LogP) is 3.84. The van der Waals surface area contributed by atoms with Crippen molar-refractivity contribution in [3.8, 4) is 12.1 Å². The van der Waals surface area contributed by atoms with Gasteiger partial charge in [0.05, 0.1) is 36.9 Å². The number of nitrogens with zero attached hydrogens (tertiary/aromatic N) is 7. The molecule has 6 rings (SSSR count). The lowest BCUT2D eigenvalue weighted by atomic mass is 9.99. The Balaban J connectivity index is 1.33. The number of aliphatic hydroxyl groups is 1. The first-order chi connectivity index (χ1) is 21.7. The van der Waals surface area contributed by atoms with Crippen molar-refractivity contribution in [2.75, 3.05) is 56.2 Å². The van der Waals surface area contributed by atoms with Gasteiger partial charge < -0.3 is 29.4 Å². The number of aliphatic hydroxyl groups excluding tert-OH is 1. The molecule has 0 aliphatic carbocycles. The van der Waals surface area contributed by atoms with Gasteiger partial charge in [0.25, 0.3) is 5.91 Å². The van der Waals surface area contributed by atoms with Gasteiger partial charge in [0, 0.05) is 54.4 Å². The summed E-state index contributed by atoms with van der Waals surface area (Å²) in [5, 5.41) is 22.1. The molecule has 0 bridgehead atoms. The summed E-state index contributed by atoms with van der Waals surface area (Å²) >= 11 is 0. The van der Waals surface area contributed by atoms with Crippen LogP contribution in [0, 0.1) is 18.3 Å². The maximum atomic E-state index is 13.2. The highest BCUT2D eigenvalue weighted by Gasteiger charge is 2.35. The fourth-order valence-corrected chi connectivity index (χ4v) is 7.01. The SMILES string of the molecule is C=C(C(=O)N1CCN(c2nc(OC[C@@H]3CCCN3C)nc3c2CCN(c2cccc4cccc(C)c24)C3)C[C@@H]1CC#N)C(C)O. The summed E-state index contributed by atoms with van der Waals surface area (Å²) in [5.41, 5.74) is 4.63. The minimum absolute atomic E-state index is 0.141. The number of amides is 1. The average molecular weight is 610 g/mol. The van der Waals surface area contributed by atoms with Crippen molar-refractivity contribution in [2.24, 2.45) is 0 Å². The van der Waals surface area contributed by atoms with Gasteiger partial charge in [0.1, 0.15) is 12.4 Å². The largest absolute Gasteiger partial charge is 0.462 e. The van der Waals surface area contributed by atoms with Crippen molar-refractivity contribution in [1.29, 1.82) is 5.26 Å². The maximum Gasteiger partial charge on any atom is 0.318 e. The van der Waals surface area contributed by atoms with Crippen LogP contribution >= 0.6 is 0 Å². The molecule has 2 aromatic carbocycles. The second-order valence-electron chi connectivity index (χ2n) is 12.6. The highest BCUT2D eigenvalue weighted by Crippen LogP contribution is 2.36. The molecule has 1 amide bonds. The van der Waals surface area contributed by atoms with Gasteiger partial charge in [-0.3, -0.25) is 4.79 Å². The second-order valence-corrected chi connectivity index (χ2v) is 12.6. The molecule has 1 N–H and O–H groups in total. The molecule has 236 valence electrons. The molecule has 3 aliphatic rings. The average Bonchev–Trinajstić information content (AvgIpc) is 3.46. The van der Waals surface area contributed by atoms with E-state index in [9.17, 15) is 15.2 Å². The Hall–Kier alpha value is -4.20. The topological polar surface area (TPSA) is 109 Å². The van der Waals surface area contributed by atoms with Crippen LogP contribution in [0.3, 0.4) is 0 Å². The monoisotopic (exact) mass is 609 g/mol. The highest BCUT2D eigenvalue weighted by molar-refractivity contribution is 5.97. The number of fused-ring (bicyclic) bond motifs is 2. The number of carbonyl (C=O) groups excluding carboxylic acids is 1. The maximum absolute atomic E-state index is 13.2. The third kappa shape index (κ3) is 6.20. The Kier molecular flexibility index (Phi) is 8.92. The van der Waals surface area contributed by atoms with Gasteiger partial charge in [-0.25, -0.2) is 0 Å². The zero-order chi connectivity index (χ0) is 31.7. The van der Waals surface area contributed by atoms with Crippen LogP contribution < -0.4 is 14.5 Å². The molecule has 0 spiro atoms. The van der Waals surface area contributed by atoms with E-state index in [1.807, 2.05) is 0 Å². The first-order valence-electron chi connectivity index (χ1n) is 16.0. The number of anilines is 2. The quantitative estimate of drug-likeness (QED) is 0.381. The molecular weight excluding hydrogens is 566 g/mol. The summed E-state index contributed by atoms with van der Waals surface area (Å²) in [6.45, 7) is 11.9. The van der Waals surface area contributed by atoms with Crippen molar-refractivity contribution < 1.29 is 14.6 Å². The Morgan fingerprint density at radius 3 is 2.67 bits per heavy atom. The molecule has 10 heteroatoms. The van der Waals surface area contributed by atoms with E-state index in [0.717, 1.165) is 49.4 Å². The molecule has 2 fully saturated rings. The van der Waals surface area contributed by atoms with Crippen LogP contribution in [-0.2, 0) is 17.8 Å². The molecular formula is C35H43N7O3. The summed E-state index contributed by atoms with van der Waals surface area (Å²) in [7, 11) is 2.13. The Labute approximate surface area is 265 Å².